The minimum Gasteiger partial charge on any atom is -0.327 e. The molecule has 0 aliphatic heterocycles. The summed E-state index contributed by atoms with van der Waals surface area (Å²) in [5.41, 5.74) is 5.88. The van der Waals surface area contributed by atoms with Crippen molar-refractivity contribution in [2.75, 3.05) is 23.5 Å². The molecule has 1 rings (SSSR count). The molecule has 0 spiro atoms. The molecule has 1 unspecified atom stereocenters. The average molecular weight is 283 g/mol. The first-order valence-corrected chi connectivity index (χ1v) is 9.71. The standard InChI is InChI=1S/C10H21NO4S2/c1-16(12,13)6-7-17(14,15)8-10(11)9-4-2-3-5-9/h9-10H,2-8,11H2,1H3. The molecule has 0 bridgehead atoms. The quantitative estimate of drug-likeness (QED) is 0.738. The van der Waals surface area contributed by atoms with Gasteiger partial charge in [0.2, 0.25) is 0 Å². The van der Waals surface area contributed by atoms with Gasteiger partial charge in [-0.25, -0.2) is 16.8 Å². The fraction of sp³-hybridized carbons (Fsp3) is 1.00. The van der Waals surface area contributed by atoms with Gasteiger partial charge in [-0.05, 0) is 18.8 Å². The lowest BCUT2D eigenvalue weighted by Gasteiger charge is -2.18. The van der Waals surface area contributed by atoms with Crippen LogP contribution in [0.1, 0.15) is 25.7 Å². The second kappa shape index (κ2) is 5.67. The predicted molar refractivity (Wildman–Crippen MR) is 68.3 cm³/mol. The van der Waals surface area contributed by atoms with Crippen LogP contribution in [0.4, 0.5) is 0 Å². The Hall–Kier alpha value is -0.140. The van der Waals surface area contributed by atoms with Crippen LogP contribution in [0.25, 0.3) is 0 Å². The molecule has 1 fully saturated rings. The van der Waals surface area contributed by atoms with E-state index in [2.05, 4.69) is 0 Å². The predicted octanol–water partition coefficient (Wildman–Crippen LogP) is -0.0367. The summed E-state index contributed by atoms with van der Waals surface area (Å²) < 4.78 is 45.2. The maximum absolute atomic E-state index is 11.7. The van der Waals surface area contributed by atoms with Crippen LogP contribution < -0.4 is 5.73 Å². The maximum Gasteiger partial charge on any atom is 0.152 e. The zero-order valence-electron chi connectivity index (χ0n) is 10.1. The minimum atomic E-state index is -3.36. The van der Waals surface area contributed by atoms with Crippen molar-refractivity contribution >= 4 is 19.7 Å². The van der Waals surface area contributed by atoms with E-state index in [0.717, 1.165) is 31.9 Å². The molecule has 0 aromatic rings. The summed E-state index contributed by atoms with van der Waals surface area (Å²) in [6.07, 6.45) is 5.24. The SMILES string of the molecule is CS(=O)(=O)CCS(=O)(=O)CC(N)C1CCCC1. The second-order valence-corrected chi connectivity index (χ2v) is 9.44. The molecule has 102 valence electrons. The highest BCUT2D eigenvalue weighted by atomic mass is 32.2. The van der Waals surface area contributed by atoms with E-state index in [0.29, 0.717) is 0 Å². The average Bonchev–Trinajstić information content (AvgIpc) is 2.66. The van der Waals surface area contributed by atoms with Gasteiger partial charge in [0.25, 0.3) is 0 Å². The van der Waals surface area contributed by atoms with E-state index in [1.807, 2.05) is 0 Å². The minimum absolute atomic E-state index is 0.0901. The van der Waals surface area contributed by atoms with E-state index >= 15 is 0 Å². The van der Waals surface area contributed by atoms with Gasteiger partial charge in [-0.2, -0.15) is 0 Å². The molecule has 0 heterocycles. The Kier molecular flexibility index (Phi) is 4.97. The molecule has 5 nitrogen and oxygen atoms in total. The molecular formula is C10H21NO4S2. The van der Waals surface area contributed by atoms with Crippen LogP contribution in [0.5, 0.6) is 0 Å². The van der Waals surface area contributed by atoms with E-state index in [4.69, 9.17) is 5.73 Å². The summed E-state index contributed by atoms with van der Waals surface area (Å²) >= 11 is 0. The second-order valence-electron chi connectivity index (χ2n) is 4.95. The molecular weight excluding hydrogens is 262 g/mol. The highest BCUT2D eigenvalue weighted by Gasteiger charge is 2.26. The highest BCUT2D eigenvalue weighted by Crippen LogP contribution is 2.27. The lowest BCUT2D eigenvalue weighted by atomic mass is 10.0. The Morgan fingerprint density at radius 2 is 1.65 bits per heavy atom. The van der Waals surface area contributed by atoms with Crippen molar-refractivity contribution in [1.29, 1.82) is 0 Å². The van der Waals surface area contributed by atoms with Crippen LogP contribution in [0.15, 0.2) is 0 Å². The van der Waals surface area contributed by atoms with Crippen molar-refractivity contribution < 1.29 is 16.8 Å². The van der Waals surface area contributed by atoms with Gasteiger partial charge in [-0.3, -0.25) is 0 Å². The molecule has 1 aliphatic carbocycles. The van der Waals surface area contributed by atoms with Gasteiger partial charge in [0.05, 0.1) is 17.3 Å². The fourth-order valence-electron chi connectivity index (χ4n) is 2.18. The van der Waals surface area contributed by atoms with Gasteiger partial charge in [-0.15, -0.1) is 0 Å². The van der Waals surface area contributed by atoms with E-state index in [1.165, 1.54) is 0 Å². The van der Waals surface area contributed by atoms with Crippen molar-refractivity contribution in [3.8, 4) is 0 Å². The van der Waals surface area contributed by atoms with Gasteiger partial charge in [0.1, 0.15) is 9.84 Å². The van der Waals surface area contributed by atoms with Crippen LogP contribution in [-0.4, -0.2) is 46.4 Å². The molecule has 0 saturated heterocycles. The lowest BCUT2D eigenvalue weighted by molar-refractivity contribution is 0.455. The Balaban J connectivity index is 2.48. The summed E-state index contributed by atoms with van der Waals surface area (Å²) in [7, 11) is -6.59. The van der Waals surface area contributed by atoms with Gasteiger partial charge in [-0.1, -0.05) is 12.8 Å². The molecule has 0 radical (unpaired) electrons. The zero-order valence-corrected chi connectivity index (χ0v) is 11.8. The van der Waals surface area contributed by atoms with Crippen molar-refractivity contribution in [2.45, 2.75) is 31.7 Å². The third kappa shape index (κ3) is 5.83. The maximum atomic E-state index is 11.7. The Bertz CT molecular complexity index is 435. The third-order valence-corrected chi connectivity index (χ3v) is 6.14. The molecule has 0 aromatic carbocycles. The first kappa shape index (κ1) is 14.9. The van der Waals surface area contributed by atoms with Crippen molar-refractivity contribution in [2.24, 2.45) is 11.7 Å². The lowest BCUT2D eigenvalue weighted by Crippen LogP contribution is -2.37. The van der Waals surface area contributed by atoms with Crippen LogP contribution in [0, 0.1) is 5.92 Å². The fourth-order valence-corrected chi connectivity index (χ4v) is 5.43. The van der Waals surface area contributed by atoms with Gasteiger partial charge in [0, 0.05) is 12.3 Å². The topological polar surface area (TPSA) is 94.3 Å². The van der Waals surface area contributed by atoms with Gasteiger partial charge < -0.3 is 5.73 Å². The van der Waals surface area contributed by atoms with Gasteiger partial charge in [0.15, 0.2) is 9.84 Å². The Labute approximate surface area is 104 Å². The summed E-state index contributed by atoms with van der Waals surface area (Å²) in [5.74, 6) is -0.436. The molecule has 1 atom stereocenters. The summed E-state index contributed by atoms with van der Waals surface area (Å²) in [6, 6.07) is -0.345. The smallest absolute Gasteiger partial charge is 0.152 e. The number of hydrogen-bond donors (Lipinski definition) is 1. The summed E-state index contributed by atoms with van der Waals surface area (Å²) in [6.45, 7) is 0. The third-order valence-electron chi connectivity index (χ3n) is 3.22. The zero-order chi connectivity index (χ0) is 13.1. The number of sulfone groups is 2. The Morgan fingerprint density at radius 3 is 2.12 bits per heavy atom. The number of nitrogens with two attached hydrogens (primary N) is 1. The van der Waals surface area contributed by atoms with E-state index in [1.54, 1.807) is 0 Å². The first-order valence-electron chi connectivity index (χ1n) is 5.83. The van der Waals surface area contributed by atoms with Crippen LogP contribution in [0.3, 0.4) is 0 Å². The number of hydrogen-bond acceptors (Lipinski definition) is 5. The monoisotopic (exact) mass is 283 g/mol. The van der Waals surface area contributed by atoms with Crippen LogP contribution >= 0.6 is 0 Å². The molecule has 0 amide bonds. The normalized spacial score (nSPS) is 20.6. The summed E-state index contributed by atoms with van der Waals surface area (Å²) in [5, 5.41) is 0. The van der Waals surface area contributed by atoms with E-state index < -0.39 is 19.7 Å². The number of rotatable bonds is 6. The van der Waals surface area contributed by atoms with E-state index in [-0.39, 0.29) is 29.2 Å². The van der Waals surface area contributed by atoms with E-state index in [9.17, 15) is 16.8 Å². The molecule has 17 heavy (non-hydrogen) atoms. The highest BCUT2D eigenvalue weighted by molar-refractivity contribution is 7.94. The molecule has 1 aliphatic rings. The van der Waals surface area contributed by atoms with Gasteiger partial charge >= 0.3 is 0 Å². The first-order chi connectivity index (χ1) is 7.70. The van der Waals surface area contributed by atoms with Crippen molar-refractivity contribution in [1.82, 2.24) is 0 Å². The van der Waals surface area contributed by atoms with Crippen LogP contribution in [-0.2, 0) is 19.7 Å². The van der Waals surface area contributed by atoms with Crippen molar-refractivity contribution in [3.05, 3.63) is 0 Å². The van der Waals surface area contributed by atoms with Crippen LogP contribution in [0.2, 0.25) is 0 Å². The summed E-state index contributed by atoms with van der Waals surface area (Å²) in [4.78, 5) is 0. The Morgan fingerprint density at radius 1 is 1.12 bits per heavy atom. The largest absolute Gasteiger partial charge is 0.327 e. The molecule has 1 saturated carbocycles. The van der Waals surface area contributed by atoms with Crippen molar-refractivity contribution in [3.63, 3.8) is 0 Å². The molecule has 2 N–H and O–H groups in total. The molecule has 0 aromatic heterocycles. The molecule has 7 heteroatoms.